The van der Waals surface area contributed by atoms with Gasteiger partial charge in [-0.15, -0.1) is 11.3 Å². The molecule has 0 radical (unpaired) electrons. The molecule has 1 aromatic rings. The van der Waals surface area contributed by atoms with Crippen molar-refractivity contribution in [2.45, 2.75) is 13.3 Å². The summed E-state index contributed by atoms with van der Waals surface area (Å²) in [6, 6.07) is 1.85. The Balaban J connectivity index is 1.92. The summed E-state index contributed by atoms with van der Waals surface area (Å²) in [5.41, 5.74) is 0.722. The minimum absolute atomic E-state index is 0.0166. The van der Waals surface area contributed by atoms with E-state index in [0.717, 1.165) is 25.6 Å². The van der Waals surface area contributed by atoms with Crippen LogP contribution in [0.15, 0.2) is 13.6 Å². The average Bonchev–Trinajstić information content (AvgIpc) is 2.76. The van der Waals surface area contributed by atoms with Gasteiger partial charge < -0.3 is 5.32 Å². The quantitative estimate of drug-likeness (QED) is 0.883. The maximum Gasteiger partial charge on any atom is 0.253 e. The SMILES string of the molecule is CC1CC1CNC(=O)c1cc(Br)sc1Br. The maximum absolute atomic E-state index is 11.8. The van der Waals surface area contributed by atoms with E-state index in [9.17, 15) is 4.79 Å². The molecule has 1 saturated carbocycles. The molecule has 5 heteroatoms. The number of nitrogens with one attached hydrogen (secondary N) is 1. The van der Waals surface area contributed by atoms with Gasteiger partial charge in [-0.05, 0) is 56.2 Å². The first-order chi connectivity index (χ1) is 7.08. The van der Waals surface area contributed by atoms with Crippen LogP contribution < -0.4 is 5.32 Å². The largest absolute Gasteiger partial charge is 0.352 e. The van der Waals surface area contributed by atoms with Crippen molar-refractivity contribution in [1.82, 2.24) is 5.32 Å². The molecular formula is C10H11Br2NOS. The third-order valence-electron chi connectivity index (χ3n) is 2.70. The summed E-state index contributed by atoms with van der Waals surface area (Å²) in [5.74, 6) is 1.49. The fraction of sp³-hybridized carbons (Fsp3) is 0.500. The number of halogens is 2. The van der Waals surface area contributed by atoms with Crippen LogP contribution in [0.5, 0.6) is 0 Å². The second-order valence-corrected chi connectivity index (χ2v) is 7.67. The van der Waals surface area contributed by atoms with Crippen molar-refractivity contribution in [3.05, 3.63) is 19.2 Å². The molecule has 1 aliphatic carbocycles. The summed E-state index contributed by atoms with van der Waals surface area (Å²) in [5, 5.41) is 2.96. The fourth-order valence-corrected chi connectivity index (χ4v) is 4.29. The van der Waals surface area contributed by atoms with E-state index in [-0.39, 0.29) is 5.91 Å². The van der Waals surface area contributed by atoms with Gasteiger partial charge in [0.15, 0.2) is 0 Å². The highest BCUT2D eigenvalue weighted by Crippen LogP contribution is 2.37. The third kappa shape index (κ3) is 2.82. The lowest BCUT2D eigenvalue weighted by Gasteiger charge is -2.02. The Kier molecular flexibility index (Phi) is 3.52. The van der Waals surface area contributed by atoms with E-state index in [2.05, 4.69) is 44.1 Å². The average molecular weight is 353 g/mol. The van der Waals surface area contributed by atoms with Crippen molar-refractivity contribution < 1.29 is 4.79 Å². The summed E-state index contributed by atoms with van der Waals surface area (Å²) in [6.45, 7) is 3.02. The standard InChI is InChI=1S/C10H11Br2NOS/c1-5-2-6(5)4-13-10(14)7-3-8(11)15-9(7)12/h3,5-6H,2,4H2,1H3,(H,13,14). The van der Waals surface area contributed by atoms with E-state index in [4.69, 9.17) is 0 Å². The first kappa shape index (κ1) is 11.6. The van der Waals surface area contributed by atoms with Crippen molar-refractivity contribution in [2.75, 3.05) is 6.54 Å². The molecule has 0 spiro atoms. The fourth-order valence-electron chi connectivity index (χ4n) is 1.50. The minimum Gasteiger partial charge on any atom is -0.352 e. The number of hydrogen-bond donors (Lipinski definition) is 1. The molecule has 1 amide bonds. The molecule has 2 unspecified atom stereocenters. The minimum atomic E-state index is 0.0166. The summed E-state index contributed by atoms with van der Waals surface area (Å²) in [4.78, 5) is 11.8. The monoisotopic (exact) mass is 351 g/mol. The molecule has 0 aliphatic heterocycles. The predicted molar refractivity (Wildman–Crippen MR) is 69.3 cm³/mol. The molecule has 0 saturated heterocycles. The van der Waals surface area contributed by atoms with Crippen molar-refractivity contribution in [3.8, 4) is 0 Å². The van der Waals surface area contributed by atoms with Gasteiger partial charge in [0.1, 0.15) is 0 Å². The number of hydrogen-bond acceptors (Lipinski definition) is 2. The molecule has 0 aromatic carbocycles. The molecule has 1 aliphatic rings. The van der Waals surface area contributed by atoms with Gasteiger partial charge >= 0.3 is 0 Å². The summed E-state index contributed by atoms with van der Waals surface area (Å²) < 4.78 is 1.86. The van der Waals surface area contributed by atoms with E-state index in [0.29, 0.717) is 5.92 Å². The van der Waals surface area contributed by atoms with Gasteiger partial charge in [-0.25, -0.2) is 0 Å². The van der Waals surface area contributed by atoms with Crippen molar-refractivity contribution in [3.63, 3.8) is 0 Å². The highest BCUT2D eigenvalue weighted by molar-refractivity contribution is 9.12. The molecule has 2 rings (SSSR count). The second kappa shape index (κ2) is 4.55. The lowest BCUT2D eigenvalue weighted by atomic mass is 10.3. The van der Waals surface area contributed by atoms with E-state index >= 15 is 0 Å². The summed E-state index contributed by atoms with van der Waals surface area (Å²) in [7, 11) is 0. The lowest BCUT2D eigenvalue weighted by molar-refractivity contribution is 0.0951. The highest BCUT2D eigenvalue weighted by Gasteiger charge is 2.32. The van der Waals surface area contributed by atoms with Crippen LogP contribution in [0.3, 0.4) is 0 Å². The molecule has 2 atom stereocenters. The molecule has 1 aromatic heterocycles. The Morgan fingerprint density at radius 3 is 2.80 bits per heavy atom. The van der Waals surface area contributed by atoms with Gasteiger partial charge in [-0.2, -0.15) is 0 Å². The number of carbonyl (C=O) groups is 1. The normalized spacial score (nSPS) is 23.9. The van der Waals surface area contributed by atoms with E-state index in [1.807, 2.05) is 6.07 Å². The molecule has 15 heavy (non-hydrogen) atoms. The van der Waals surface area contributed by atoms with Gasteiger partial charge in [0, 0.05) is 6.54 Å². The van der Waals surface area contributed by atoms with E-state index in [1.165, 1.54) is 17.8 Å². The first-order valence-electron chi connectivity index (χ1n) is 4.81. The number of carbonyl (C=O) groups excluding carboxylic acids is 1. The maximum atomic E-state index is 11.8. The number of amides is 1. The van der Waals surface area contributed by atoms with E-state index < -0.39 is 0 Å². The molecule has 1 fully saturated rings. The van der Waals surface area contributed by atoms with Crippen molar-refractivity contribution in [2.24, 2.45) is 11.8 Å². The van der Waals surface area contributed by atoms with Gasteiger partial charge in [0.25, 0.3) is 5.91 Å². The van der Waals surface area contributed by atoms with Crippen LogP contribution in [0.1, 0.15) is 23.7 Å². The topological polar surface area (TPSA) is 29.1 Å². The molecular weight excluding hydrogens is 342 g/mol. The zero-order chi connectivity index (χ0) is 11.0. The zero-order valence-corrected chi connectivity index (χ0v) is 12.2. The summed E-state index contributed by atoms with van der Waals surface area (Å²) >= 11 is 8.26. The zero-order valence-electron chi connectivity index (χ0n) is 8.22. The van der Waals surface area contributed by atoms with Crippen LogP contribution in [0.25, 0.3) is 0 Å². The van der Waals surface area contributed by atoms with Crippen LogP contribution in [0.2, 0.25) is 0 Å². The predicted octanol–water partition coefficient (Wildman–Crippen LogP) is 3.66. The van der Waals surface area contributed by atoms with Crippen molar-refractivity contribution >= 4 is 49.1 Å². The van der Waals surface area contributed by atoms with Crippen LogP contribution >= 0.6 is 43.2 Å². The molecule has 0 bridgehead atoms. The van der Waals surface area contributed by atoms with Crippen LogP contribution in [0, 0.1) is 11.8 Å². The van der Waals surface area contributed by atoms with Crippen LogP contribution in [0.4, 0.5) is 0 Å². The van der Waals surface area contributed by atoms with Gasteiger partial charge in [-0.3, -0.25) is 4.79 Å². The van der Waals surface area contributed by atoms with Gasteiger partial charge in [0.05, 0.1) is 13.1 Å². The van der Waals surface area contributed by atoms with Crippen LogP contribution in [-0.4, -0.2) is 12.5 Å². The van der Waals surface area contributed by atoms with Gasteiger partial charge in [-0.1, -0.05) is 6.92 Å². The Labute approximate surface area is 110 Å². The Hall–Kier alpha value is 0.130. The molecule has 1 N–H and O–H groups in total. The Morgan fingerprint density at radius 1 is 1.67 bits per heavy atom. The lowest BCUT2D eigenvalue weighted by Crippen LogP contribution is -2.25. The smallest absolute Gasteiger partial charge is 0.253 e. The second-order valence-electron chi connectivity index (χ2n) is 3.92. The van der Waals surface area contributed by atoms with Crippen molar-refractivity contribution in [1.29, 1.82) is 0 Å². The molecule has 82 valence electrons. The van der Waals surface area contributed by atoms with Gasteiger partial charge in [0.2, 0.25) is 0 Å². The molecule has 1 heterocycles. The summed E-state index contributed by atoms with van der Waals surface area (Å²) in [6.07, 6.45) is 1.24. The Morgan fingerprint density at radius 2 is 2.33 bits per heavy atom. The number of thiophene rings is 1. The third-order valence-corrected chi connectivity index (χ3v) is 5.04. The number of rotatable bonds is 3. The van der Waals surface area contributed by atoms with Crippen LogP contribution in [-0.2, 0) is 0 Å². The highest BCUT2D eigenvalue weighted by atomic mass is 79.9. The first-order valence-corrected chi connectivity index (χ1v) is 7.21. The molecule has 2 nitrogen and oxygen atoms in total. The Bertz CT molecular complexity index is 391. The van der Waals surface area contributed by atoms with E-state index in [1.54, 1.807) is 0 Å².